The summed E-state index contributed by atoms with van der Waals surface area (Å²) in [5, 5.41) is 8.11. The van der Waals surface area contributed by atoms with Gasteiger partial charge >= 0.3 is 0 Å². The van der Waals surface area contributed by atoms with Crippen molar-refractivity contribution in [3.05, 3.63) is 41.5 Å². The van der Waals surface area contributed by atoms with E-state index >= 15 is 0 Å². The molecule has 0 aliphatic carbocycles. The molecule has 1 saturated heterocycles. The molecule has 2 aromatic rings. The van der Waals surface area contributed by atoms with Crippen LogP contribution in [0.4, 0.5) is 0 Å². The average molecular weight is 348 g/mol. The Morgan fingerprint density at radius 3 is 2.54 bits per heavy atom. The van der Waals surface area contributed by atoms with Crippen LogP contribution in [0.1, 0.15) is 42.8 Å². The van der Waals surface area contributed by atoms with Crippen molar-refractivity contribution in [3.8, 4) is 0 Å². The first kappa shape index (κ1) is 17.1. The summed E-state index contributed by atoms with van der Waals surface area (Å²) in [4.78, 5) is 0.421. The first-order valence-electron chi connectivity index (χ1n) is 8.39. The molecule has 130 valence electrons. The van der Waals surface area contributed by atoms with Gasteiger partial charge in [0.05, 0.1) is 4.90 Å². The van der Waals surface area contributed by atoms with Crippen LogP contribution in [0.25, 0.3) is 0 Å². The maximum absolute atomic E-state index is 12.9. The van der Waals surface area contributed by atoms with E-state index in [9.17, 15) is 8.42 Å². The lowest BCUT2D eigenvalue weighted by Crippen LogP contribution is -2.39. The Bertz CT molecular complexity index is 821. The number of rotatable bonds is 4. The quantitative estimate of drug-likeness (QED) is 0.851. The molecule has 1 aromatic carbocycles. The molecule has 3 rings (SSSR count). The Kier molecular flexibility index (Phi) is 4.73. The van der Waals surface area contributed by atoms with Crippen molar-refractivity contribution in [1.82, 2.24) is 19.1 Å². The molecule has 2 heterocycles. The molecular formula is C17H24N4O2S. The van der Waals surface area contributed by atoms with Gasteiger partial charge in [0, 0.05) is 25.6 Å². The largest absolute Gasteiger partial charge is 0.314 e. The SMILES string of the molecule is CCc1nncn1C1CCN(S(=O)(=O)c2ccc(C)cc2C)CC1. The van der Waals surface area contributed by atoms with Gasteiger partial charge in [0.1, 0.15) is 12.2 Å². The zero-order valence-corrected chi connectivity index (χ0v) is 15.3. The van der Waals surface area contributed by atoms with Crippen molar-refractivity contribution in [2.45, 2.75) is 51.0 Å². The van der Waals surface area contributed by atoms with E-state index in [0.29, 0.717) is 18.0 Å². The smallest absolute Gasteiger partial charge is 0.243 e. The predicted molar refractivity (Wildman–Crippen MR) is 92.3 cm³/mol. The average Bonchev–Trinajstić information content (AvgIpc) is 3.03. The molecule has 0 radical (unpaired) electrons. The summed E-state index contributed by atoms with van der Waals surface area (Å²) in [6.45, 7) is 6.94. The van der Waals surface area contributed by atoms with E-state index in [-0.39, 0.29) is 6.04 Å². The van der Waals surface area contributed by atoms with Crippen LogP contribution in [-0.4, -0.2) is 40.6 Å². The maximum atomic E-state index is 12.9. The van der Waals surface area contributed by atoms with Gasteiger partial charge < -0.3 is 4.57 Å². The summed E-state index contributed by atoms with van der Waals surface area (Å²) in [5.74, 6) is 0.964. The summed E-state index contributed by atoms with van der Waals surface area (Å²) < 4.78 is 29.6. The number of sulfonamides is 1. The minimum Gasteiger partial charge on any atom is -0.314 e. The standard InChI is InChI=1S/C17H24N4O2S/c1-4-17-19-18-12-21(17)15-7-9-20(10-8-15)24(22,23)16-6-5-13(2)11-14(16)3/h5-6,11-12,15H,4,7-10H2,1-3H3. The lowest BCUT2D eigenvalue weighted by molar-refractivity contribution is 0.270. The monoisotopic (exact) mass is 348 g/mol. The second-order valence-corrected chi connectivity index (χ2v) is 8.32. The fourth-order valence-electron chi connectivity index (χ4n) is 3.41. The molecule has 0 atom stereocenters. The second kappa shape index (κ2) is 6.64. The van der Waals surface area contributed by atoms with Crippen LogP contribution in [0.3, 0.4) is 0 Å². The van der Waals surface area contributed by atoms with E-state index in [1.54, 1.807) is 16.7 Å². The lowest BCUT2D eigenvalue weighted by atomic mass is 10.1. The molecule has 1 fully saturated rings. The van der Waals surface area contributed by atoms with Gasteiger partial charge in [0.15, 0.2) is 0 Å². The van der Waals surface area contributed by atoms with E-state index in [4.69, 9.17) is 0 Å². The Morgan fingerprint density at radius 2 is 1.92 bits per heavy atom. The molecular weight excluding hydrogens is 324 g/mol. The molecule has 6 nitrogen and oxygen atoms in total. The Labute approximate surface area is 143 Å². The van der Waals surface area contributed by atoms with Gasteiger partial charge in [-0.2, -0.15) is 4.31 Å². The fraction of sp³-hybridized carbons (Fsp3) is 0.529. The molecule has 0 spiro atoms. The van der Waals surface area contributed by atoms with Gasteiger partial charge in [-0.3, -0.25) is 0 Å². The Balaban J connectivity index is 1.76. The van der Waals surface area contributed by atoms with Crippen molar-refractivity contribution in [1.29, 1.82) is 0 Å². The molecule has 24 heavy (non-hydrogen) atoms. The number of aryl methyl sites for hydroxylation is 3. The first-order valence-corrected chi connectivity index (χ1v) is 9.83. The van der Waals surface area contributed by atoms with Crippen LogP contribution < -0.4 is 0 Å². The normalized spacial score (nSPS) is 17.3. The van der Waals surface area contributed by atoms with Crippen LogP contribution in [0.15, 0.2) is 29.4 Å². The van der Waals surface area contributed by atoms with Crippen LogP contribution >= 0.6 is 0 Å². The van der Waals surface area contributed by atoms with Crippen LogP contribution in [0, 0.1) is 13.8 Å². The third kappa shape index (κ3) is 3.10. The van der Waals surface area contributed by atoms with Gasteiger partial charge in [-0.1, -0.05) is 24.6 Å². The number of hydrogen-bond donors (Lipinski definition) is 0. The maximum Gasteiger partial charge on any atom is 0.243 e. The minimum absolute atomic E-state index is 0.278. The van der Waals surface area contributed by atoms with Gasteiger partial charge in [0.25, 0.3) is 0 Å². The third-order valence-electron chi connectivity index (χ3n) is 4.73. The van der Waals surface area contributed by atoms with Gasteiger partial charge in [-0.05, 0) is 38.3 Å². The number of aromatic nitrogens is 3. The highest BCUT2D eigenvalue weighted by Crippen LogP contribution is 2.28. The molecule has 0 unspecified atom stereocenters. The highest BCUT2D eigenvalue weighted by atomic mass is 32.2. The summed E-state index contributed by atoms with van der Waals surface area (Å²) in [6.07, 6.45) is 4.17. The zero-order chi connectivity index (χ0) is 17.3. The van der Waals surface area contributed by atoms with Gasteiger partial charge in [0.2, 0.25) is 10.0 Å². The van der Waals surface area contributed by atoms with Crippen molar-refractivity contribution < 1.29 is 8.42 Å². The van der Waals surface area contributed by atoms with E-state index < -0.39 is 10.0 Å². The van der Waals surface area contributed by atoms with Crippen molar-refractivity contribution in [3.63, 3.8) is 0 Å². The molecule has 1 aromatic heterocycles. The lowest BCUT2D eigenvalue weighted by Gasteiger charge is -2.32. The fourth-order valence-corrected chi connectivity index (χ4v) is 5.09. The molecule has 0 amide bonds. The van der Waals surface area contributed by atoms with E-state index in [0.717, 1.165) is 36.2 Å². The molecule has 0 bridgehead atoms. The first-order chi connectivity index (χ1) is 11.4. The third-order valence-corrected chi connectivity index (χ3v) is 6.79. The molecule has 0 saturated carbocycles. The second-order valence-electron chi connectivity index (χ2n) is 6.41. The van der Waals surface area contributed by atoms with Crippen molar-refractivity contribution in [2.75, 3.05) is 13.1 Å². The molecule has 7 heteroatoms. The van der Waals surface area contributed by atoms with Crippen molar-refractivity contribution >= 4 is 10.0 Å². The van der Waals surface area contributed by atoms with Gasteiger partial charge in [-0.15, -0.1) is 10.2 Å². The number of benzene rings is 1. The summed E-state index contributed by atoms with van der Waals surface area (Å²) >= 11 is 0. The van der Waals surface area contributed by atoms with Gasteiger partial charge in [-0.25, -0.2) is 8.42 Å². The highest BCUT2D eigenvalue weighted by Gasteiger charge is 2.31. The van der Waals surface area contributed by atoms with E-state index in [1.165, 1.54) is 0 Å². The highest BCUT2D eigenvalue weighted by molar-refractivity contribution is 7.89. The summed E-state index contributed by atoms with van der Waals surface area (Å²) in [6, 6.07) is 5.78. The number of piperidine rings is 1. The zero-order valence-electron chi connectivity index (χ0n) is 14.4. The number of nitrogens with zero attached hydrogens (tertiary/aromatic N) is 4. The summed E-state index contributed by atoms with van der Waals surface area (Å²) in [5.41, 5.74) is 1.88. The molecule has 0 N–H and O–H groups in total. The topological polar surface area (TPSA) is 68.1 Å². The Morgan fingerprint density at radius 1 is 1.21 bits per heavy atom. The molecule has 1 aliphatic rings. The minimum atomic E-state index is -3.42. The van der Waals surface area contributed by atoms with E-state index in [1.807, 2.05) is 26.0 Å². The van der Waals surface area contributed by atoms with Crippen molar-refractivity contribution in [2.24, 2.45) is 0 Å². The van der Waals surface area contributed by atoms with Crippen LogP contribution in [0.2, 0.25) is 0 Å². The van der Waals surface area contributed by atoms with E-state index in [2.05, 4.69) is 21.7 Å². The summed E-state index contributed by atoms with van der Waals surface area (Å²) in [7, 11) is -3.42. The molecule has 1 aliphatic heterocycles. The Hall–Kier alpha value is -1.73. The van der Waals surface area contributed by atoms with Crippen LogP contribution in [-0.2, 0) is 16.4 Å². The number of hydrogen-bond acceptors (Lipinski definition) is 4. The van der Waals surface area contributed by atoms with Crippen LogP contribution in [0.5, 0.6) is 0 Å². The predicted octanol–water partition coefficient (Wildman–Crippen LogP) is 2.48.